The predicted molar refractivity (Wildman–Crippen MR) is 87.0 cm³/mol. The van der Waals surface area contributed by atoms with Crippen LogP contribution in [-0.2, 0) is 5.33 Å². The van der Waals surface area contributed by atoms with Crippen LogP contribution in [0.15, 0.2) is 30.3 Å². The first-order valence-corrected chi connectivity index (χ1v) is 7.77. The number of hydrogen-bond donors (Lipinski definition) is 0. The van der Waals surface area contributed by atoms with Crippen molar-refractivity contribution in [3.05, 3.63) is 61.6 Å². The van der Waals surface area contributed by atoms with Gasteiger partial charge in [-0.3, -0.25) is 10.1 Å². The van der Waals surface area contributed by atoms with Crippen LogP contribution >= 0.6 is 39.1 Å². The molecule has 0 spiro atoms. The van der Waals surface area contributed by atoms with Crippen molar-refractivity contribution in [3.63, 3.8) is 0 Å². The lowest BCUT2D eigenvalue weighted by Gasteiger charge is -2.10. The van der Waals surface area contributed by atoms with Crippen LogP contribution in [0.1, 0.15) is 11.1 Å². The van der Waals surface area contributed by atoms with Crippen LogP contribution in [-0.4, -0.2) is 4.92 Å². The summed E-state index contributed by atoms with van der Waals surface area (Å²) < 4.78 is 5.59. The van der Waals surface area contributed by atoms with E-state index in [4.69, 9.17) is 27.9 Å². The minimum atomic E-state index is -0.558. The Kier molecular flexibility index (Phi) is 5.08. The molecule has 2 aromatic rings. The summed E-state index contributed by atoms with van der Waals surface area (Å²) in [6.45, 7) is 1.94. The van der Waals surface area contributed by atoms with Crippen molar-refractivity contribution in [2.24, 2.45) is 0 Å². The molecule has 0 unspecified atom stereocenters. The maximum atomic E-state index is 11.1. The highest BCUT2D eigenvalue weighted by atomic mass is 79.9. The molecule has 0 atom stereocenters. The molecule has 2 rings (SSSR count). The molecule has 0 saturated heterocycles. The molecular weight excluding hydrogens is 381 g/mol. The zero-order chi connectivity index (χ0) is 15.6. The zero-order valence-corrected chi connectivity index (χ0v) is 14.0. The van der Waals surface area contributed by atoms with Crippen molar-refractivity contribution in [2.75, 3.05) is 0 Å². The lowest BCUT2D eigenvalue weighted by Crippen LogP contribution is -1.95. The van der Waals surface area contributed by atoms with Gasteiger partial charge in [-0.15, -0.1) is 0 Å². The monoisotopic (exact) mass is 389 g/mol. The van der Waals surface area contributed by atoms with Gasteiger partial charge in [-0.05, 0) is 30.2 Å². The van der Waals surface area contributed by atoms with Crippen LogP contribution in [0.3, 0.4) is 0 Å². The zero-order valence-electron chi connectivity index (χ0n) is 10.9. The molecule has 0 radical (unpaired) electrons. The van der Waals surface area contributed by atoms with Gasteiger partial charge in [0.1, 0.15) is 5.75 Å². The number of ether oxygens (including phenoxy) is 1. The Hall–Kier alpha value is -1.30. The first-order chi connectivity index (χ1) is 9.92. The largest absolute Gasteiger partial charge is 0.450 e. The Morgan fingerprint density at radius 2 is 1.90 bits per heavy atom. The lowest BCUT2D eigenvalue weighted by atomic mass is 10.1. The maximum absolute atomic E-state index is 11.1. The summed E-state index contributed by atoms with van der Waals surface area (Å²) in [5.41, 5.74) is 1.91. The highest BCUT2D eigenvalue weighted by Crippen LogP contribution is 2.38. The Balaban J connectivity index is 2.41. The molecule has 0 bridgehead atoms. The van der Waals surface area contributed by atoms with E-state index in [2.05, 4.69) is 15.9 Å². The van der Waals surface area contributed by atoms with E-state index in [1.54, 1.807) is 6.07 Å². The maximum Gasteiger partial charge on any atom is 0.313 e. The van der Waals surface area contributed by atoms with Gasteiger partial charge in [0.15, 0.2) is 0 Å². The highest BCUT2D eigenvalue weighted by Gasteiger charge is 2.19. The number of benzene rings is 2. The van der Waals surface area contributed by atoms with E-state index in [1.807, 2.05) is 19.1 Å². The first kappa shape index (κ1) is 16.1. The average Bonchev–Trinajstić information content (AvgIpc) is 2.42. The smallest absolute Gasteiger partial charge is 0.313 e. The Labute approximate surface area is 139 Å². The second-order valence-electron chi connectivity index (χ2n) is 4.32. The van der Waals surface area contributed by atoms with Gasteiger partial charge in [-0.1, -0.05) is 45.2 Å². The molecule has 0 N–H and O–H groups in total. The van der Waals surface area contributed by atoms with Gasteiger partial charge in [0, 0.05) is 17.5 Å². The standard InChI is InChI=1S/C14H10BrCl2NO3/c1-8-4-10(3-2-9(8)7-15)21-14-6-12(17)11(16)5-13(14)18(19)20/h2-6H,7H2,1H3. The summed E-state index contributed by atoms with van der Waals surface area (Å²) in [5.74, 6) is 0.555. The summed E-state index contributed by atoms with van der Waals surface area (Å²) in [6, 6.07) is 7.97. The average molecular weight is 391 g/mol. The predicted octanol–water partition coefficient (Wildman–Crippen LogP) is 5.90. The summed E-state index contributed by atoms with van der Waals surface area (Å²) in [5, 5.41) is 12.1. The Bertz CT molecular complexity index is 707. The molecule has 0 heterocycles. The van der Waals surface area contributed by atoms with Crippen LogP contribution < -0.4 is 4.74 Å². The third-order valence-electron chi connectivity index (χ3n) is 2.88. The quantitative estimate of drug-likeness (QED) is 0.371. The number of nitrogens with zero attached hydrogens (tertiary/aromatic N) is 1. The number of nitro benzene ring substituents is 1. The third kappa shape index (κ3) is 3.67. The number of nitro groups is 1. The molecular formula is C14H10BrCl2NO3. The molecule has 0 aliphatic rings. The number of alkyl halides is 1. The van der Waals surface area contributed by atoms with Crippen LogP contribution in [0.4, 0.5) is 5.69 Å². The molecule has 0 fully saturated rings. The molecule has 0 aliphatic heterocycles. The SMILES string of the molecule is Cc1cc(Oc2cc(Cl)c(Cl)cc2[N+](=O)[O-])ccc1CBr. The van der Waals surface area contributed by atoms with E-state index in [0.29, 0.717) is 5.75 Å². The molecule has 21 heavy (non-hydrogen) atoms. The minimum absolute atomic E-state index is 0.0559. The highest BCUT2D eigenvalue weighted by molar-refractivity contribution is 9.08. The van der Waals surface area contributed by atoms with E-state index in [1.165, 1.54) is 12.1 Å². The summed E-state index contributed by atoms with van der Waals surface area (Å²) in [7, 11) is 0. The minimum Gasteiger partial charge on any atom is -0.450 e. The van der Waals surface area contributed by atoms with E-state index >= 15 is 0 Å². The first-order valence-electron chi connectivity index (χ1n) is 5.89. The molecule has 110 valence electrons. The van der Waals surface area contributed by atoms with Gasteiger partial charge in [0.05, 0.1) is 15.0 Å². The van der Waals surface area contributed by atoms with Crippen molar-refractivity contribution in [1.29, 1.82) is 0 Å². The fourth-order valence-corrected chi connectivity index (χ4v) is 2.69. The molecule has 2 aromatic carbocycles. The van der Waals surface area contributed by atoms with Gasteiger partial charge in [-0.25, -0.2) is 0 Å². The molecule has 0 amide bonds. The van der Waals surface area contributed by atoms with Crippen molar-refractivity contribution >= 4 is 44.8 Å². The van der Waals surface area contributed by atoms with Crippen LogP contribution in [0.2, 0.25) is 10.0 Å². The van der Waals surface area contributed by atoms with Crippen LogP contribution in [0, 0.1) is 17.0 Å². The van der Waals surface area contributed by atoms with Gasteiger partial charge < -0.3 is 4.74 Å². The van der Waals surface area contributed by atoms with Crippen LogP contribution in [0.25, 0.3) is 0 Å². The van der Waals surface area contributed by atoms with E-state index in [9.17, 15) is 10.1 Å². The number of rotatable bonds is 4. The van der Waals surface area contributed by atoms with Gasteiger partial charge in [0.25, 0.3) is 0 Å². The van der Waals surface area contributed by atoms with Crippen molar-refractivity contribution in [1.82, 2.24) is 0 Å². The second-order valence-corrected chi connectivity index (χ2v) is 5.69. The number of hydrogen-bond acceptors (Lipinski definition) is 3. The van der Waals surface area contributed by atoms with E-state index in [0.717, 1.165) is 16.5 Å². The molecule has 0 aliphatic carbocycles. The van der Waals surface area contributed by atoms with Gasteiger partial charge >= 0.3 is 5.69 Å². The summed E-state index contributed by atoms with van der Waals surface area (Å²) in [6.07, 6.45) is 0. The summed E-state index contributed by atoms with van der Waals surface area (Å²) in [4.78, 5) is 10.5. The topological polar surface area (TPSA) is 52.4 Å². The number of aryl methyl sites for hydroxylation is 1. The van der Waals surface area contributed by atoms with Gasteiger partial charge in [0.2, 0.25) is 5.75 Å². The Morgan fingerprint density at radius 1 is 1.24 bits per heavy atom. The fraction of sp³-hybridized carbons (Fsp3) is 0.143. The van der Waals surface area contributed by atoms with E-state index < -0.39 is 4.92 Å². The lowest BCUT2D eigenvalue weighted by molar-refractivity contribution is -0.385. The molecule has 0 aromatic heterocycles. The molecule has 0 saturated carbocycles. The summed E-state index contributed by atoms with van der Waals surface area (Å²) >= 11 is 15.1. The van der Waals surface area contributed by atoms with Crippen molar-refractivity contribution in [2.45, 2.75) is 12.3 Å². The second kappa shape index (κ2) is 6.64. The van der Waals surface area contributed by atoms with Crippen molar-refractivity contribution in [3.8, 4) is 11.5 Å². The van der Waals surface area contributed by atoms with Gasteiger partial charge in [-0.2, -0.15) is 0 Å². The number of halogens is 3. The van der Waals surface area contributed by atoms with Crippen LogP contribution in [0.5, 0.6) is 11.5 Å². The van der Waals surface area contributed by atoms with Crippen molar-refractivity contribution < 1.29 is 9.66 Å². The van der Waals surface area contributed by atoms with E-state index in [-0.39, 0.29) is 21.5 Å². The molecule has 7 heteroatoms. The normalized spacial score (nSPS) is 10.5. The fourth-order valence-electron chi connectivity index (χ4n) is 1.75. The Morgan fingerprint density at radius 3 is 2.48 bits per heavy atom. The third-order valence-corrected chi connectivity index (χ3v) is 4.21. The molecule has 4 nitrogen and oxygen atoms in total.